The van der Waals surface area contributed by atoms with E-state index in [-0.39, 0.29) is 17.5 Å². The number of esters is 1. The third-order valence-electron chi connectivity index (χ3n) is 8.67. The molecule has 4 heteroatoms. The Hall–Kier alpha value is -0.0900. The summed E-state index contributed by atoms with van der Waals surface area (Å²) >= 11 is 0. The first-order chi connectivity index (χ1) is 11.9. The standard InChI is InChI=1S/C21H30O2S2/c1-12(22)23-18-7-6-16-15-5-4-13-10-14-11-19(25-24-14)21(13,3)17(15)8-9-20(16,18)2/h10,14-19H,4-9,11H2,1-3H3/t14-,15-,16-,17-,18-,19-,20-,21-/m0/s1. The van der Waals surface area contributed by atoms with Crippen LogP contribution in [-0.2, 0) is 9.53 Å². The highest BCUT2D eigenvalue weighted by atomic mass is 33.1. The highest BCUT2D eigenvalue weighted by Crippen LogP contribution is 2.69. The highest BCUT2D eigenvalue weighted by molar-refractivity contribution is 8.77. The molecule has 1 aliphatic heterocycles. The van der Waals surface area contributed by atoms with Crippen molar-refractivity contribution in [2.24, 2.45) is 28.6 Å². The van der Waals surface area contributed by atoms with Gasteiger partial charge in [0.1, 0.15) is 6.10 Å². The van der Waals surface area contributed by atoms with Gasteiger partial charge in [-0.3, -0.25) is 4.79 Å². The number of fused-ring (bicyclic) bond motifs is 8. The van der Waals surface area contributed by atoms with Crippen molar-refractivity contribution in [1.29, 1.82) is 0 Å². The van der Waals surface area contributed by atoms with Gasteiger partial charge in [-0.1, -0.05) is 47.1 Å². The van der Waals surface area contributed by atoms with Crippen LogP contribution >= 0.6 is 21.6 Å². The SMILES string of the molecule is CC(=O)O[C@H]1CC[C@H]2[C@@H]3CCC4=C[C@H]5C[C@H](SS5)[C@]4(C)[C@H]3CC[C@]12C. The first kappa shape index (κ1) is 17.0. The number of carbonyl (C=O) groups excluding carboxylic acids is 1. The first-order valence-corrected chi connectivity index (χ1v) is 12.4. The van der Waals surface area contributed by atoms with E-state index in [1.165, 1.54) is 38.5 Å². The van der Waals surface area contributed by atoms with Crippen molar-refractivity contribution in [3.8, 4) is 0 Å². The van der Waals surface area contributed by atoms with Gasteiger partial charge in [0.25, 0.3) is 0 Å². The Morgan fingerprint density at radius 1 is 1.16 bits per heavy atom. The Balaban J connectivity index is 1.46. The summed E-state index contributed by atoms with van der Waals surface area (Å²) in [6, 6.07) is 0. The van der Waals surface area contributed by atoms with E-state index < -0.39 is 0 Å². The van der Waals surface area contributed by atoms with Gasteiger partial charge >= 0.3 is 5.97 Å². The molecular formula is C21H30O2S2. The normalized spacial score (nSPS) is 53.5. The van der Waals surface area contributed by atoms with Gasteiger partial charge in [-0.25, -0.2) is 0 Å². The van der Waals surface area contributed by atoms with E-state index in [0.717, 1.165) is 34.7 Å². The van der Waals surface area contributed by atoms with Crippen LogP contribution in [-0.4, -0.2) is 22.6 Å². The van der Waals surface area contributed by atoms with Crippen molar-refractivity contribution in [2.45, 2.75) is 82.3 Å². The Labute approximate surface area is 159 Å². The second-order valence-corrected chi connectivity index (χ2v) is 12.3. The fraction of sp³-hybridized carbons (Fsp3) is 0.857. The minimum atomic E-state index is -0.0903. The maximum absolute atomic E-state index is 11.6. The molecule has 0 radical (unpaired) electrons. The molecule has 25 heavy (non-hydrogen) atoms. The Morgan fingerprint density at radius 2 is 2.00 bits per heavy atom. The number of rotatable bonds is 1. The number of ether oxygens (including phenoxy) is 1. The summed E-state index contributed by atoms with van der Waals surface area (Å²) in [7, 11) is 4.31. The van der Waals surface area contributed by atoms with E-state index in [1.54, 1.807) is 12.5 Å². The second-order valence-electron chi connectivity index (χ2n) is 9.57. The summed E-state index contributed by atoms with van der Waals surface area (Å²) in [5.74, 6) is 2.35. The molecule has 5 aliphatic rings. The molecule has 0 aromatic heterocycles. The fourth-order valence-corrected chi connectivity index (χ4v) is 11.2. The lowest BCUT2D eigenvalue weighted by atomic mass is 9.47. The van der Waals surface area contributed by atoms with Gasteiger partial charge in [0.2, 0.25) is 0 Å². The smallest absolute Gasteiger partial charge is 0.302 e. The van der Waals surface area contributed by atoms with Crippen molar-refractivity contribution in [1.82, 2.24) is 0 Å². The third kappa shape index (κ3) is 2.28. The monoisotopic (exact) mass is 378 g/mol. The van der Waals surface area contributed by atoms with Gasteiger partial charge < -0.3 is 4.74 Å². The zero-order chi connectivity index (χ0) is 17.4. The molecule has 2 bridgehead atoms. The third-order valence-corrected chi connectivity index (χ3v) is 12.0. The molecule has 0 spiro atoms. The molecule has 0 aromatic rings. The molecular weight excluding hydrogens is 348 g/mol. The van der Waals surface area contributed by atoms with Gasteiger partial charge in [0.15, 0.2) is 0 Å². The lowest BCUT2D eigenvalue weighted by Gasteiger charge is -2.59. The van der Waals surface area contributed by atoms with E-state index in [9.17, 15) is 4.79 Å². The van der Waals surface area contributed by atoms with Crippen LogP contribution < -0.4 is 0 Å². The van der Waals surface area contributed by atoms with Crippen LogP contribution in [0.4, 0.5) is 0 Å². The average Bonchev–Trinajstić information content (AvgIpc) is 3.12. The van der Waals surface area contributed by atoms with Crippen LogP contribution in [0.2, 0.25) is 0 Å². The predicted octanol–water partition coefficient (Wildman–Crippen LogP) is 5.62. The van der Waals surface area contributed by atoms with E-state index >= 15 is 0 Å². The van der Waals surface area contributed by atoms with Crippen molar-refractivity contribution in [3.63, 3.8) is 0 Å². The van der Waals surface area contributed by atoms with Crippen LogP contribution in [0.15, 0.2) is 11.6 Å². The minimum Gasteiger partial charge on any atom is -0.462 e. The van der Waals surface area contributed by atoms with Gasteiger partial charge in [-0.2, -0.15) is 0 Å². The Morgan fingerprint density at radius 3 is 2.80 bits per heavy atom. The summed E-state index contributed by atoms with van der Waals surface area (Å²) in [4.78, 5) is 11.6. The molecule has 4 fully saturated rings. The molecule has 8 atom stereocenters. The van der Waals surface area contributed by atoms with E-state index in [4.69, 9.17) is 4.74 Å². The topological polar surface area (TPSA) is 26.3 Å². The summed E-state index contributed by atoms with van der Waals surface area (Å²) in [5.41, 5.74) is 2.44. The van der Waals surface area contributed by atoms with Gasteiger partial charge in [-0.05, 0) is 62.7 Å². The molecule has 1 heterocycles. The number of carbonyl (C=O) groups is 1. The molecule has 138 valence electrons. The zero-order valence-corrected chi connectivity index (χ0v) is 17.3. The summed E-state index contributed by atoms with van der Waals surface area (Å²) < 4.78 is 5.79. The Kier molecular flexibility index (Phi) is 3.89. The van der Waals surface area contributed by atoms with Crippen molar-refractivity contribution < 1.29 is 9.53 Å². The second kappa shape index (κ2) is 5.70. The van der Waals surface area contributed by atoms with E-state index in [1.807, 2.05) is 0 Å². The summed E-state index contributed by atoms with van der Waals surface area (Å²) in [6.45, 7) is 6.62. The lowest BCUT2D eigenvalue weighted by Crippen LogP contribution is -2.54. The van der Waals surface area contributed by atoms with Crippen LogP contribution in [0.5, 0.6) is 0 Å². The average molecular weight is 379 g/mol. The minimum absolute atomic E-state index is 0.0903. The molecule has 3 saturated carbocycles. The van der Waals surface area contributed by atoms with Gasteiger partial charge in [0.05, 0.1) is 0 Å². The van der Waals surface area contributed by atoms with Crippen LogP contribution in [0, 0.1) is 28.6 Å². The van der Waals surface area contributed by atoms with Crippen molar-refractivity contribution in [3.05, 3.63) is 11.6 Å². The maximum atomic E-state index is 11.6. The molecule has 2 nitrogen and oxygen atoms in total. The molecule has 0 N–H and O–H groups in total. The van der Waals surface area contributed by atoms with Crippen molar-refractivity contribution >= 4 is 27.6 Å². The summed E-state index contributed by atoms with van der Waals surface area (Å²) in [5, 5.41) is 1.61. The van der Waals surface area contributed by atoms with Crippen molar-refractivity contribution in [2.75, 3.05) is 0 Å². The molecule has 0 unspecified atom stereocenters. The molecule has 4 aliphatic carbocycles. The van der Waals surface area contributed by atoms with Crippen LogP contribution in [0.1, 0.15) is 65.7 Å². The molecule has 5 rings (SSSR count). The van der Waals surface area contributed by atoms with E-state index in [2.05, 4.69) is 41.5 Å². The molecule has 0 aromatic carbocycles. The van der Waals surface area contributed by atoms with Gasteiger partial charge in [0, 0.05) is 28.3 Å². The number of allylic oxidation sites excluding steroid dienone is 1. The Bertz CT molecular complexity index is 631. The largest absolute Gasteiger partial charge is 0.462 e. The quantitative estimate of drug-likeness (QED) is 0.336. The highest BCUT2D eigenvalue weighted by Gasteiger charge is 2.62. The molecule has 1 saturated heterocycles. The summed E-state index contributed by atoms with van der Waals surface area (Å²) in [6.07, 6.45) is 11.8. The number of hydrogen-bond donors (Lipinski definition) is 0. The van der Waals surface area contributed by atoms with E-state index in [0.29, 0.717) is 5.41 Å². The fourth-order valence-electron chi connectivity index (χ4n) is 7.41. The van der Waals surface area contributed by atoms with Gasteiger partial charge in [-0.15, -0.1) is 0 Å². The van der Waals surface area contributed by atoms with Crippen LogP contribution in [0.25, 0.3) is 0 Å². The zero-order valence-electron chi connectivity index (χ0n) is 15.6. The first-order valence-electron chi connectivity index (χ1n) is 10.1. The maximum Gasteiger partial charge on any atom is 0.302 e. The lowest BCUT2D eigenvalue weighted by molar-refractivity contribution is -0.157. The van der Waals surface area contributed by atoms with Crippen LogP contribution in [0.3, 0.4) is 0 Å². The predicted molar refractivity (Wildman–Crippen MR) is 105 cm³/mol. The number of hydrogen-bond acceptors (Lipinski definition) is 4. The molecule has 0 amide bonds.